The summed E-state index contributed by atoms with van der Waals surface area (Å²) in [6.07, 6.45) is 0.891. The Morgan fingerprint density at radius 1 is 1.53 bits per heavy atom. The van der Waals surface area contributed by atoms with E-state index < -0.39 is 0 Å². The van der Waals surface area contributed by atoms with Gasteiger partial charge in [-0.15, -0.1) is 11.3 Å². The zero-order valence-electron chi connectivity index (χ0n) is 11.7. The number of aryl methyl sites for hydroxylation is 1. The van der Waals surface area contributed by atoms with Gasteiger partial charge >= 0.3 is 0 Å². The fourth-order valence-electron chi connectivity index (χ4n) is 2.39. The highest BCUT2D eigenvalue weighted by Crippen LogP contribution is 2.18. The Bertz CT molecular complexity index is 433. The van der Waals surface area contributed by atoms with Crippen molar-refractivity contribution in [2.24, 2.45) is 5.92 Å². The van der Waals surface area contributed by atoms with Crippen LogP contribution in [0.2, 0.25) is 0 Å². The first-order valence-corrected chi connectivity index (χ1v) is 7.52. The number of hydrogen-bond acceptors (Lipinski definition) is 4. The van der Waals surface area contributed by atoms with Crippen molar-refractivity contribution in [1.82, 2.24) is 10.6 Å². The molecule has 0 spiro atoms. The quantitative estimate of drug-likeness (QED) is 0.857. The van der Waals surface area contributed by atoms with Crippen molar-refractivity contribution in [3.63, 3.8) is 0 Å². The fourth-order valence-corrected chi connectivity index (χ4v) is 3.41. The number of rotatable bonds is 5. The van der Waals surface area contributed by atoms with Crippen molar-refractivity contribution in [3.8, 4) is 0 Å². The first-order chi connectivity index (χ1) is 9.10. The number of ether oxygens (including phenoxy) is 1. The predicted octanol–water partition coefficient (Wildman–Crippen LogP) is 1.34. The Kier molecular flexibility index (Phi) is 4.96. The van der Waals surface area contributed by atoms with Crippen molar-refractivity contribution in [1.29, 1.82) is 0 Å². The van der Waals surface area contributed by atoms with Crippen molar-refractivity contribution >= 4 is 17.2 Å². The van der Waals surface area contributed by atoms with Crippen molar-refractivity contribution in [2.75, 3.05) is 20.3 Å². The van der Waals surface area contributed by atoms with E-state index in [0.29, 0.717) is 13.2 Å². The molecule has 0 radical (unpaired) electrons. The summed E-state index contributed by atoms with van der Waals surface area (Å²) in [7, 11) is 1.87. The summed E-state index contributed by atoms with van der Waals surface area (Å²) in [5.41, 5.74) is 0. The Labute approximate surface area is 118 Å². The monoisotopic (exact) mass is 282 g/mol. The van der Waals surface area contributed by atoms with E-state index in [4.69, 9.17) is 4.74 Å². The van der Waals surface area contributed by atoms with Crippen molar-refractivity contribution < 1.29 is 9.53 Å². The number of hydrogen-bond donors (Lipinski definition) is 2. The van der Waals surface area contributed by atoms with Gasteiger partial charge in [-0.1, -0.05) is 0 Å². The molecule has 0 aliphatic carbocycles. The SMILES string of the molecule is CNC1COCC1C(=O)NC(C)Cc1ccc(C)s1. The van der Waals surface area contributed by atoms with E-state index in [-0.39, 0.29) is 23.9 Å². The average molecular weight is 282 g/mol. The minimum atomic E-state index is -0.0717. The van der Waals surface area contributed by atoms with Crippen molar-refractivity contribution in [2.45, 2.75) is 32.4 Å². The largest absolute Gasteiger partial charge is 0.379 e. The van der Waals surface area contributed by atoms with Crippen LogP contribution in [0.25, 0.3) is 0 Å². The van der Waals surface area contributed by atoms with E-state index in [2.05, 4.69) is 36.6 Å². The Balaban J connectivity index is 1.84. The lowest BCUT2D eigenvalue weighted by Gasteiger charge is -2.19. The zero-order chi connectivity index (χ0) is 13.8. The van der Waals surface area contributed by atoms with Crippen LogP contribution in [0.4, 0.5) is 0 Å². The molecule has 1 aromatic rings. The molecule has 2 rings (SSSR count). The number of carbonyl (C=O) groups excluding carboxylic acids is 1. The molecule has 3 unspecified atom stereocenters. The number of amides is 1. The lowest BCUT2D eigenvalue weighted by atomic mass is 10.0. The summed E-state index contributed by atoms with van der Waals surface area (Å²) in [5.74, 6) is 0.0233. The zero-order valence-corrected chi connectivity index (χ0v) is 12.5. The van der Waals surface area contributed by atoms with Crippen LogP contribution in [0.1, 0.15) is 16.7 Å². The van der Waals surface area contributed by atoms with Gasteiger partial charge in [0.1, 0.15) is 0 Å². The average Bonchev–Trinajstić information content (AvgIpc) is 2.97. The highest BCUT2D eigenvalue weighted by molar-refractivity contribution is 7.11. The third-order valence-electron chi connectivity index (χ3n) is 3.48. The summed E-state index contributed by atoms with van der Waals surface area (Å²) in [5, 5.41) is 6.23. The van der Waals surface area contributed by atoms with E-state index in [1.165, 1.54) is 9.75 Å². The first kappa shape index (κ1) is 14.5. The van der Waals surface area contributed by atoms with Crippen LogP contribution in [-0.2, 0) is 16.0 Å². The second kappa shape index (κ2) is 6.50. The van der Waals surface area contributed by atoms with Gasteiger partial charge in [-0.3, -0.25) is 4.79 Å². The van der Waals surface area contributed by atoms with Crippen molar-refractivity contribution in [3.05, 3.63) is 21.9 Å². The van der Waals surface area contributed by atoms with Crippen LogP contribution in [-0.4, -0.2) is 38.3 Å². The molecule has 19 heavy (non-hydrogen) atoms. The molecule has 1 aromatic heterocycles. The van der Waals surface area contributed by atoms with Gasteiger partial charge in [0.05, 0.1) is 19.1 Å². The number of likely N-dealkylation sites (N-methyl/N-ethyl adjacent to an activating group) is 1. The van der Waals surface area contributed by atoms with Gasteiger partial charge in [-0.25, -0.2) is 0 Å². The van der Waals surface area contributed by atoms with Crippen LogP contribution in [0.5, 0.6) is 0 Å². The molecule has 0 aromatic carbocycles. The van der Waals surface area contributed by atoms with Crippen LogP contribution in [0, 0.1) is 12.8 Å². The summed E-state index contributed by atoms with van der Waals surface area (Å²) in [6.45, 7) is 5.29. The van der Waals surface area contributed by atoms with Crippen LogP contribution in [0.3, 0.4) is 0 Å². The van der Waals surface area contributed by atoms with Crippen LogP contribution in [0.15, 0.2) is 12.1 Å². The Hall–Kier alpha value is -0.910. The fraction of sp³-hybridized carbons (Fsp3) is 0.643. The minimum absolute atomic E-state index is 0.0717. The molecule has 3 atom stereocenters. The first-order valence-electron chi connectivity index (χ1n) is 6.71. The van der Waals surface area contributed by atoms with E-state index >= 15 is 0 Å². The number of carbonyl (C=O) groups is 1. The standard InChI is InChI=1S/C14H22N2O2S/c1-9(6-11-5-4-10(2)19-11)16-14(17)12-7-18-8-13(12)15-3/h4-5,9,12-13,15H,6-8H2,1-3H3,(H,16,17). The van der Waals surface area contributed by atoms with Gasteiger partial charge in [0.25, 0.3) is 0 Å². The number of thiophene rings is 1. The lowest BCUT2D eigenvalue weighted by Crippen LogP contribution is -2.45. The predicted molar refractivity (Wildman–Crippen MR) is 77.5 cm³/mol. The molecule has 2 heterocycles. The molecule has 2 N–H and O–H groups in total. The maximum atomic E-state index is 12.2. The molecule has 5 heteroatoms. The summed E-state index contributed by atoms with van der Waals surface area (Å²) in [4.78, 5) is 14.8. The minimum Gasteiger partial charge on any atom is -0.379 e. The third kappa shape index (κ3) is 3.78. The van der Waals surface area contributed by atoms with E-state index in [1.807, 2.05) is 7.05 Å². The maximum Gasteiger partial charge on any atom is 0.227 e. The molecular weight excluding hydrogens is 260 g/mol. The third-order valence-corrected chi connectivity index (χ3v) is 4.50. The molecule has 4 nitrogen and oxygen atoms in total. The molecule has 106 valence electrons. The highest BCUT2D eigenvalue weighted by Gasteiger charge is 2.33. The molecule has 0 bridgehead atoms. The summed E-state index contributed by atoms with van der Waals surface area (Å²) in [6, 6.07) is 4.55. The smallest absolute Gasteiger partial charge is 0.227 e. The number of nitrogens with one attached hydrogen (secondary N) is 2. The van der Waals surface area contributed by atoms with Gasteiger partial charge in [-0.05, 0) is 33.0 Å². The van der Waals surface area contributed by atoms with E-state index in [0.717, 1.165) is 6.42 Å². The Morgan fingerprint density at radius 3 is 2.95 bits per heavy atom. The summed E-state index contributed by atoms with van der Waals surface area (Å²) < 4.78 is 5.36. The molecular formula is C14H22N2O2S. The second-order valence-corrected chi connectivity index (χ2v) is 6.54. The normalized spacial score (nSPS) is 24.4. The summed E-state index contributed by atoms with van der Waals surface area (Å²) >= 11 is 1.79. The van der Waals surface area contributed by atoms with Gasteiger partial charge in [0.2, 0.25) is 5.91 Å². The molecule has 1 aliphatic rings. The van der Waals surface area contributed by atoms with Gasteiger partial charge < -0.3 is 15.4 Å². The molecule has 1 saturated heterocycles. The molecule has 1 aliphatic heterocycles. The maximum absolute atomic E-state index is 12.2. The van der Waals surface area contributed by atoms with E-state index in [9.17, 15) is 4.79 Å². The Morgan fingerprint density at radius 2 is 2.32 bits per heavy atom. The lowest BCUT2D eigenvalue weighted by molar-refractivity contribution is -0.126. The van der Waals surface area contributed by atoms with Gasteiger partial charge in [-0.2, -0.15) is 0 Å². The second-order valence-electron chi connectivity index (χ2n) is 5.17. The molecule has 1 amide bonds. The molecule has 1 fully saturated rings. The van der Waals surface area contributed by atoms with Crippen LogP contribution >= 0.6 is 11.3 Å². The van der Waals surface area contributed by atoms with Crippen LogP contribution < -0.4 is 10.6 Å². The molecule has 0 saturated carbocycles. The van der Waals surface area contributed by atoms with E-state index in [1.54, 1.807) is 11.3 Å². The highest BCUT2D eigenvalue weighted by atomic mass is 32.1. The van der Waals surface area contributed by atoms with Gasteiger partial charge in [0.15, 0.2) is 0 Å². The van der Waals surface area contributed by atoms with Gasteiger partial charge in [0, 0.05) is 28.3 Å². The topological polar surface area (TPSA) is 50.4 Å².